The van der Waals surface area contributed by atoms with Crippen molar-refractivity contribution in [2.45, 2.75) is 88.3 Å². The second-order valence-electron chi connectivity index (χ2n) is 12.1. The molecule has 204 valence electrons. The van der Waals surface area contributed by atoms with Gasteiger partial charge in [-0.2, -0.15) is 5.10 Å². The number of likely N-dealkylation sites (tertiary alicyclic amines) is 1. The molecule has 4 aliphatic carbocycles. The molecule has 2 aromatic heterocycles. The van der Waals surface area contributed by atoms with Crippen molar-refractivity contribution in [1.82, 2.24) is 25.4 Å². The third-order valence-electron chi connectivity index (χ3n) is 10.0. The Bertz CT molecular complexity index is 1230. The van der Waals surface area contributed by atoms with Crippen LogP contribution in [0.1, 0.15) is 81.6 Å². The van der Waals surface area contributed by atoms with Crippen molar-refractivity contribution in [2.24, 2.45) is 11.3 Å². The third-order valence-corrected chi connectivity index (χ3v) is 10.0. The van der Waals surface area contributed by atoms with Gasteiger partial charge in [0.25, 0.3) is 5.91 Å². The van der Waals surface area contributed by atoms with Gasteiger partial charge in [0, 0.05) is 35.7 Å². The molecule has 3 N–H and O–H groups in total. The number of pyridine rings is 1. The van der Waals surface area contributed by atoms with Gasteiger partial charge in [0.05, 0.1) is 24.6 Å². The predicted molar refractivity (Wildman–Crippen MR) is 137 cm³/mol. The SMILES string of the molecule is COc1cc(-c2cc(C(=O)N3CC[C@H](C(=O)N[C@@H](C)C45CCC(O)(CC4)CC5)CC34CC4)n[nH]2)c(F)cn1. The molecule has 10 heteroatoms. The number of ether oxygens (including phenoxy) is 1. The van der Waals surface area contributed by atoms with E-state index in [-0.39, 0.29) is 51.9 Å². The van der Waals surface area contributed by atoms with Crippen LogP contribution in [0.2, 0.25) is 0 Å². The first-order valence-electron chi connectivity index (χ1n) is 13.8. The molecule has 1 spiro atoms. The van der Waals surface area contributed by atoms with E-state index in [1.807, 2.05) is 4.90 Å². The average molecular weight is 526 g/mol. The summed E-state index contributed by atoms with van der Waals surface area (Å²) < 4.78 is 19.5. The van der Waals surface area contributed by atoms with E-state index in [1.165, 1.54) is 13.2 Å². The second kappa shape index (κ2) is 9.03. The number of aliphatic hydroxyl groups is 1. The van der Waals surface area contributed by atoms with E-state index in [0.717, 1.165) is 57.6 Å². The van der Waals surface area contributed by atoms with Crippen LogP contribution in [-0.4, -0.2) is 67.8 Å². The highest BCUT2D eigenvalue weighted by atomic mass is 19.1. The first kappa shape index (κ1) is 25.3. The molecule has 2 aromatic rings. The number of nitrogens with one attached hydrogen (secondary N) is 2. The van der Waals surface area contributed by atoms with E-state index in [0.29, 0.717) is 25.1 Å². The van der Waals surface area contributed by atoms with Crippen molar-refractivity contribution < 1.29 is 23.8 Å². The maximum atomic E-state index is 14.4. The molecular weight excluding hydrogens is 489 g/mol. The topological polar surface area (TPSA) is 120 Å². The Morgan fingerprint density at radius 3 is 2.55 bits per heavy atom. The number of piperidine rings is 1. The van der Waals surface area contributed by atoms with E-state index in [1.54, 1.807) is 6.07 Å². The summed E-state index contributed by atoms with van der Waals surface area (Å²) in [7, 11) is 1.45. The number of hydrogen-bond donors (Lipinski definition) is 3. The maximum Gasteiger partial charge on any atom is 0.274 e. The minimum atomic E-state index is -0.537. The van der Waals surface area contributed by atoms with Gasteiger partial charge in [0.1, 0.15) is 0 Å². The molecule has 0 radical (unpaired) electrons. The van der Waals surface area contributed by atoms with Gasteiger partial charge in [-0.15, -0.1) is 0 Å². The molecule has 7 rings (SSSR count). The monoisotopic (exact) mass is 525 g/mol. The summed E-state index contributed by atoms with van der Waals surface area (Å²) in [5.74, 6) is -0.513. The van der Waals surface area contributed by atoms with Gasteiger partial charge in [0.2, 0.25) is 11.8 Å². The van der Waals surface area contributed by atoms with Gasteiger partial charge in [-0.25, -0.2) is 9.37 Å². The third kappa shape index (κ3) is 4.26. The summed E-state index contributed by atoms with van der Waals surface area (Å²) in [6, 6.07) is 3.10. The molecule has 3 heterocycles. The molecule has 5 aliphatic rings. The number of carbonyl (C=O) groups excluding carboxylic acids is 2. The number of aromatic nitrogens is 3. The fraction of sp³-hybridized carbons (Fsp3) is 0.643. The number of carbonyl (C=O) groups is 2. The van der Waals surface area contributed by atoms with E-state index in [2.05, 4.69) is 27.4 Å². The Morgan fingerprint density at radius 1 is 1.18 bits per heavy atom. The predicted octanol–water partition coefficient (Wildman–Crippen LogP) is 3.59. The van der Waals surface area contributed by atoms with Crippen molar-refractivity contribution in [3.63, 3.8) is 0 Å². The van der Waals surface area contributed by atoms with Crippen molar-refractivity contribution in [3.8, 4) is 17.1 Å². The lowest BCUT2D eigenvalue weighted by molar-refractivity contribution is -0.132. The van der Waals surface area contributed by atoms with E-state index < -0.39 is 11.4 Å². The quantitative estimate of drug-likeness (QED) is 0.530. The van der Waals surface area contributed by atoms with Crippen LogP contribution in [0, 0.1) is 17.2 Å². The summed E-state index contributed by atoms with van der Waals surface area (Å²) >= 11 is 0. The Kier molecular flexibility index (Phi) is 6.01. The van der Waals surface area contributed by atoms with Gasteiger partial charge < -0.3 is 20.1 Å². The van der Waals surface area contributed by atoms with Gasteiger partial charge >= 0.3 is 0 Å². The molecule has 1 aliphatic heterocycles. The molecule has 4 saturated carbocycles. The van der Waals surface area contributed by atoms with Gasteiger partial charge in [-0.1, -0.05) is 0 Å². The molecule has 9 nitrogen and oxygen atoms in total. The lowest BCUT2D eigenvalue weighted by Gasteiger charge is -2.54. The van der Waals surface area contributed by atoms with Crippen molar-refractivity contribution >= 4 is 11.8 Å². The number of halogens is 1. The van der Waals surface area contributed by atoms with E-state index >= 15 is 0 Å². The van der Waals surface area contributed by atoms with Gasteiger partial charge in [-0.05, 0) is 82.6 Å². The van der Waals surface area contributed by atoms with Gasteiger partial charge in [-0.3, -0.25) is 14.7 Å². The van der Waals surface area contributed by atoms with Crippen molar-refractivity contribution in [1.29, 1.82) is 0 Å². The van der Waals surface area contributed by atoms with E-state index in [9.17, 15) is 19.1 Å². The summed E-state index contributed by atoms with van der Waals surface area (Å²) in [5, 5.41) is 20.9. The number of nitrogens with zero attached hydrogens (tertiary/aromatic N) is 3. The normalized spacial score (nSPS) is 30.2. The molecule has 2 atom stereocenters. The molecule has 2 amide bonds. The Hall–Kier alpha value is -3.01. The number of methoxy groups -OCH3 is 1. The lowest BCUT2D eigenvalue weighted by atomic mass is 9.56. The number of fused-ring (bicyclic) bond motifs is 3. The minimum Gasteiger partial charge on any atom is -0.481 e. The smallest absolute Gasteiger partial charge is 0.274 e. The highest BCUT2D eigenvalue weighted by molar-refractivity contribution is 5.94. The summed E-state index contributed by atoms with van der Waals surface area (Å²) in [5.41, 5.74) is 0.125. The van der Waals surface area contributed by atoms with Crippen LogP contribution in [0.25, 0.3) is 11.3 Å². The van der Waals surface area contributed by atoms with Crippen LogP contribution in [0.4, 0.5) is 4.39 Å². The summed E-state index contributed by atoms with van der Waals surface area (Å²) in [4.78, 5) is 32.6. The standard InChI is InChI=1S/C28H36FN5O4/c1-17(26-4-9-28(37,10-5-26)11-6-26)31-24(35)18-3-12-34(27(15-18)7-8-27)25(36)22-14-21(32-33-22)19-13-23(38-2)30-16-20(19)29/h13-14,16-18,37H,3-12,15H2,1-2H3,(H,31,35)(H,32,33)/t17-,18-,26?,28?/m0/s1. The van der Waals surface area contributed by atoms with Crippen LogP contribution in [0.3, 0.4) is 0 Å². The number of hydrogen-bond acceptors (Lipinski definition) is 6. The number of H-pyrrole nitrogens is 1. The number of rotatable bonds is 6. The highest BCUT2D eigenvalue weighted by Crippen LogP contribution is 2.54. The van der Waals surface area contributed by atoms with Gasteiger partial charge in [0.15, 0.2) is 11.5 Å². The second-order valence-corrected chi connectivity index (χ2v) is 12.1. The highest BCUT2D eigenvalue weighted by Gasteiger charge is 2.55. The van der Waals surface area contributed by atoms with E-state index in [4.69, 9.17) is 4.74 Å². The zero-order chi connectivity index (χ0) is 26.7. The minimum absolute atomic E-state index is 0.0735. The fourth-order valence-electron chi connectivity index (χ4n) is 7.13. The summed E-state index contributed by atoms with van der Waals surface area (Å²) in [6.45, 7) is 2.61. The maximum absolute atomic E-state index is 14.4. The number of aromatic amines is 1. The van der Waals surface area contributed by atoms with Crippen molar-refractivity contribution in [2.75, 3.05) is 13.7 Å². The Morgan fingerprint density at radius 2 is 1.89 bits per heavy atom. The van der Waals surface area contributed by atoms with Crippen LogP contribution < -0.4 is 10.1 Å². The van der Waals surface area contributed by atoms with Crippen LogP contribution >= 0.6 is 0 Å². The average Bonchev–Trinajstić information content (AvgIpc) is 3.50. The zero-order valence-corrected chi connectivity index (χ0v) is 22.1. The van der Waals surface area contributed by atoms with Crippen LogP contribution in [0.15, 0.2) is 18.3 Å². The largest absolute Gasteiger partial charge is 0.481 e. The van der Waals surface area contributed by atoms with Crippen LogP contribution in [-0.2, 0) is 4.79 Å². The molecule has 5 fully saturated rings. The first-order chi connectivity index (χ1) is 18.2. The Labute approximate surface area is 221 Å². The lowest BCUT2D eigenvalue weighted by Crippen LogP contribution is -2.57. The molecule has 38 heavy (non-hydrogen) atoms. The molecule has 0 aromatic carbocycles. The van der Waals surface area contributed by atoms with Crippen LogP contribution in [0.5, 0.6) is 5.88 Å². The molecular formula is C28H36FN5O4. The Balaban J connectivity index is 1.11. The van der Waals surface area contributed by atoms with Crippen molar-refractivity contribution in [3.05, 3.63) is 29.8 Å². The fourth-order valence-corrected chi connectivity index (χ4v) is 7.13. The molecule has 2 bridgehead atoms. The zero-order valence-electron chi connectivity index (χ0n) is 22.1. The summed E-state index contributed by atoms with van der Waals surface area (Å²) in [6.07, 6.45) is 9.43. The number of amides is 2. The molecule has 1 saturated heterocycles. The molecule has 0 unspecified atom stereocenters. The first-order valence-corrected chi connectivity index (χ1v) is 13.8.